The number of cyclic esters (lactones) is 1. The van der Waals surface area contributed by atoms with Crippen LogP contribution >= 0.6 is 11.6 Å². The van der Waals surface area contributed by atoms with Gasteiger partial charge in [-0.25, -0.2) is 4.98 Å². The molecule has 120 valence electrons. The van der Waals surface area contributed by atoms with Gasteiger partial charge in [-0.2, -0.15) is 0 Å². The molecule has 1 aromatic rings. The van der Waals surface area contributed by atoms with Gasteiger partial charge in [0.25, 0.3) is 0 Å². The number of ether oxygens (including phenoxy) is 1. The van der Waals surface area contributed by atoms with E-state index in [1.54, 1.807) is 6.20 Å². The summed E-state index contributed by atoms with van der Waals surface area (Å²) < 4.78 is 5.59. The Bertz CT molecular complexity index is 556. The molecule has 22 heavy (non-hydrogen) atoms. The van der Waals surface area contributed by atoms with E-state index in [1.807, 2.05) is 26.2 Å². The van der Waals surface area contributed by atoms with Gasteiger partial charge in [0, 0.05) is 32.3 Å². The largest absolute Gasteiger partial charge is 0.461 e. The predicted octanol–water partition coefficient (Wildman–Crippen LogP) is 2.20. The topological polar surface area (TPSA) is 45.7 Å². The van der Waals surface area contributed by atoms with Gasteiger partial charge in [-0.15, -0.1) is 0 Å². The summed E-state index contributed by atoms with van der Waals surface area (Å²) in [6, 6.07) is 3.68. The monoisotopic (exact) mass is 323 g/mol. The van der Waals surface area contributed by atoms with Crippen LogP contribution < -0.4 is 4.90 Å². The molecule has 1 spiro atoms. The number of halogens is 1. The molecule has 0 saturated carbocycles. The van der Waals surface area contributed by atoms with E-state index in [1.165, 1.54) is 0 Å². The molecular weight excluding hydrogens is 302 g/mol. The van der Waals surface area contributed by atoms with Crippen molar-refractivity contribution in [3.63, 3.8) is 0 Å². The van der Waals surface area contributed by atoms with Crippen molar-refractivity contribution in [3.8, 4) is 0 Å². The minimum atomic E-state index is -0.307. The summed E-state index contributed by atoms with van der Waals surface area (Å²) in [5, 5.41) is 0.665. The Hall–Kier alpha value is -1.33. The number of likely N-dealkylation sites (N-methyl/N-ethyl adjacent to an activating group) is 1. The Morgan fingerprint density at radius 1 is 1.45 bits per heavy atom. The number of aromatic nitrogens is 1. The SMILES string of the molecule is CN(C)CC1CC2(CCN(c3ncccc3Cl)CC2)C(=O)O1. The predicted molar refractivity (Wildman–Crippen MR) is 86.2 cm³/mol. The van der Waals surface area contributed by atoms with E-state index in [-0.39, 0.29) is 17.5 Å². The molecule has 2 saturated heterocycles. The van der Waals surface area contributed by atoms with Crippen molar-refractivity contribution >= 4 is 23.4 Å². The smallest absolute Gasteiger partial charge is 0.312 e. The van der Waals surface area contributed by atoms with Gasteiger partial charge in [0.1, 0.15) is 11.9 Å². The number of hydrogen-bond acceptors (Lipinski definition) is 5. The lowest BCUT2D eigenvalue weighted by Gasteiger charge is -2.37. The van der Waals surface area contributed by atoms with E-state index >= 15 is 0 Å². The number of carbonyl (C=O) groups excluding carboxylic acids is 1. The van der Waals surface area contributed by atoms with Crippen LogP contribution in [0, 0.1) is 5.41 Å². The maximum Gasteiger partial charge on any atom is 0.312 e. The number of rotatable bonds is 3. The molecule has 6 heteroatoms. The Morgan fingerprint density at radius 3 is 2.82 bits per heavy atom. The lowest BCUT2D eigenvalue weighted by molar-refractivity contribution is -0.150. The minimum absolute atomic E-state index is 0.0208. The fourth-order valence-electron chi connectivity index (χ4n) is 3.51. The Labute approximate surface area is 136 Å². The fraction of sp³-hybridized carbons (Fsp3) is 0.625. The van der Waals surface area contributed by atoms with E-state index in [0.717, 1.165) is 44.7 Å². The second-order valence-electron chi connectivity index (χ2n) is 6.57. The van der Waals surface area contributed by atoms with Crippen LogP contribution in [0.4, 0.5) is 5.82 Å². The molecule has 0 aromatic carbocycles. The van der Waals surface area contributed by atoms with Gasteiger partial charge < -0.3 is 14.5 Å². The van der Waals surface area contributed by atoms with Gasteiger partial charge in [0.15, 0.2) is 0 Å². The lowest BCUT2D eigenvalue weighted by Crippen LogP contribution is -2.43. The number of carbonyl (C=O) groups is 1. The third-order valence-electron chi connectivity index (χ3n) is 4.65. The summed E-state index contributed by atoms with van der Waals surface area (Å²) in [7, 11) is 4.01. The molecule has 0 bridgehead atoms. The summed E-state index contributed by atoms with van der Waals surface area (Å²) in [5.41, 5.74) is -0.307. The maximum atomic E-state index is 12.4. The highest BCUT2D eigenvalue weighted by Gasteiger charge is 2.50. The summed E-state index contributed by atoms with van der Waals surface area (Å²) in [6.45, 7) is 2.38. The second kappa shape index (κ2) is 6.05. The van der Waals surface area contributed by atoms with Gasteiger partial charge in [-0.1, -0.05) is 11.6 Å². The van der Waals surface area contributed by atoms with Crippen LogP contribution in [-0.4, -0.2) is 55.7 Å². The third-order valence-corrected chi connectivity index (χ3v) is 4.95. The van der Waals surface area contributed by atoms with Crippen molar-refractivity contribution in [2.45, 2.75) is 25.4 Å². The summed E-state index contributed by atoms with van der Waals surface area (Å²) in [6.07, 6.45) is 4.22. The van der Waals surface area contributed by atoms with Crippen LogP contribution in [-0.2, 0) is 9.53 Å². The highest BCUT2D eigenvalue weighted by Crippen LogP contribution is 2.44. The zero-order valence-corrected chi connectivity index (χ0v) is 13.8. The standard InChI is InChI=1S/C16H22ClN3O2/c1-19(2)11-12-10-16(15(21)22-12)5-8-20(9-6-16)14-13(17)4-3-7-18-14/h3-4,7,12H,5-6,8-11H2,1-2H3. The molecule has 0 aliphatic carbocycles. The molecule has 2 fully saturated rings. The van der Waals surface area contributed by atoms with Crippen molar-refractivity contribution in [2.75, 3.05) is 38.6 Å². The molecule has 3 rings (SSSR count). The summed E-state index contributed by atoms with van der Waals surface area (Å²) in [5.74, 6) is 0.793. The molecule has 1 atom stereocenters. The molecule has 3 heterocycles. The van der Waals surface area contributed by atoms with E-state index in [9.17, 15) is 4.79 Å². The lowest BCUT2D eigenvalue weighted by atomic mass is 9.76. The molecule has 2 aliphatic heterocycles. The van der Waals surface area contributed by atoms with E-state index in [2.05, 4.69) is 14.8 Å². The van der Waals surface area contributed by atoms with Crippen LogP contribution in [0.3, 0.4) is 0 Å². The minimum Gasteiger partial charge on any atom is -0.461 e. The number of esters is 1. The first-order valence-corrected chi connectivity index (χ1v) is 8.09. The van der Waals surface area contributed by atoms with Crippen molar-refractivity contribution in [1.82, 2.24) is 9.88 Å². The van der Waals surface area contributed by atoms with Crippen molar-refractivity contribution in [2.24, 2.45) is 5.41 Å². The van der Waals surface area contributed by atoms with E-state index < -0.39 is 0 Å². The first kappa shape index (κ1) is 15.6. The van der Waals surface area contributed by atoms with Crippen molar-refractivity contribution < 1.29 is 9.53 Å². The summed E-state index contributed by atoms with van der Waals surface area (Å²) in [4.78, 5) is 20.9. The fourth-order valence-corrected chi connectivity index (χ4v) is 3.75. The highest BCUT2D eigenvalue weighted by molar-refractivity contribution is 6.32. The van der Waals surface area contributed by atoms with Crippen molar-refractivity contribution in [3.05, 3.63) is 23.4 Å². The van der Waals surface area contributed by atoms with Crippen molar-refractivity contribution in [1.29, 1.82) is 0 Å². The van der Waals surface area contributed by atoms with Crippen LogP contribution in [0.1, 0.15) is 19.3 Å². The normalized spacial score (nSPS) is 24.1. The summed E-state index contributed by atoms with van der Waals surface area (Å²) >= 11 is 6.22. The number of anilines is 1. The third kappa shape index (κ3) is 2.92. The molecule has 0 radical (unpaired) electrons. The van der Waals surface area contributed by atoms with Crippen LogP contribution in [0.25, 0.3) is 0 Å². The zero-order chi connectivity index (χ0) is 15.7. The molecule has 1 unspecified atom stereocenters. The quantitative estimate of drug-likeness (QED) is 0.798. The first-order chi connectivity index (χ1) is 10.5. The molecular formula is C16H22ClN3O2. The van der Waals surface area contributed by atoms with Gasteiger partial charge in [0.2, 0.25) is 0 Å². The Morgan fingerprint density at radius 2 is 2.18 bits per heavy atom. The van der Waals surface area contributed by atoms with Crippen LogP contribution in [0.2, 0.25) is 5.02 Å². The Kier molecular flexibility index (Phi) is 4.28. The Balaban J connectivity index is 1.66. The van der Waals surface area contributed by atoms with Gasteiger partial charge in [0.05, 0.1) is 10.4 Å². The average Bonchev–Trinajstić information content (AvgIpc) is 2.75. The van der Waals surface area contributed by atoms with Crippen LogP contribution in [0.15, 0.2) is 18.3 Å². The zero-order valence-electron chi connectivity index (χ0n) is 13.1. The molecule has 0 N–H and O–H groups in total. The first-order valence-electron chi connectivity index (χ1n) is 7.71. The molecule has 0 amide bonds. The van der Waals surface area contributed by atoms with Gasteiger partial charge >= 0.3 is 5.97 Å². The molecule has 1 aromatic heterocycles. The van der Waals surface area contributed by atoms with Crippen LogP contribution in [0.5, 0.6) is 0 Å². The molecule has 5 nitrogen and oxygen atoms in total. The van der Waals surface area contributed by atoms with Gasteiger partial charge in [-0.3, -0.25) is 4.79 Å². The number of piperidine rings is 1. The number of hydrogen-bond donors (Lipinski definition) is 0. The number of nitrogens with zero attached hydrogens (tertiary/aromatic N) is 3. The second-order valence-corrected chi connectivity index (χ2v) is 6.98. The molecule has 2 aliphatic rings. The average molecular weight is 324 g/mol. The van der Waals surface area contributed by atoms with E-state index in [4.69, 9.17) is 16.3 Å². The van der Waals surface area contributed by atoms with E-state index in [0.29, 0.717) is 5.02 Å². The number of pyridine rings is 1. The maximum absolute atomic E-state index is 12.4. The van der Waals surface area contributed by atoms with Gasteiger partial charge in [-0.05, 0) is 39.1 Å². The highest BCUT2D eigenvalue weighted by atomic mass is 35.5.